The molecule has 1 rings (SSSR count). The Labute approximate surface area is 115 Å². The molecule has 1 aromatic carbocycles. The number of aliphatic hydroxyl groups is 1. The molecular weight excluding hydrogens is 240 g/mol. The number of hydrogen-bond donors (Lipinski definition) is 1. The van der Waals surface area contributed by atoms with Crippen LogP contribution in [0, 0.1) is 13.8 Å². The van der Waals surface area contributed by atoms with Crippen LogP contribution in [0.25, 0.3) is 0 Å². The molecule has 0 saturated heterocycles. The Balaban J connectivity index is 2.42. The predicted molar refractivity (Wildman–Crippen MR) is 76.0 cm³/mol. The number of aryl methyl sites for hydroxylation is 2. The molecule has 0 saturated carbocycles. The maximum atomic E-state index is 11.5. The zero-order valence-corrected chi connectivity index (χ0v) is 12.1. The first-order chi connectivity index (χ1) is 9.04. The van der Waals surface area contributed by atoms with Gasteiger partial charge in [-0.05, 0) is 37.8 Å². The van der Waals surface area contributed by atoms with Crippen LogP contribution in [0.2, 0.25) is 0 Å². The number of rotatable bonds is 7. The zero-order chi connectivity index (χ0) is 14.3. The fraction of sp³-hybridized carbons (Fsp3) is 0.562. The minimum Gasteiger partial charge on any atom is -0.466 e. The van der Waals surface area contributed by atoms with Crippen LogP contribution < -0.4 is 0 Å². The van der Waals surface area contributed by atoms with Gasteiger partial charge < -0.3 is 9.84 Å². The van der Waals surface area contributed by atoms with Crippen LogP contribution in [0.4, 0.5) is 0 Å². The lowest BCUT2D eigenvalue weighted by Gasteiger charge is -2.14. The van der Waals surface area contributed by atoms with E-state index in [9.17, 15) is 9.90 Å². The van der Waals surface area contributed by atoms with Gasteiger partial charge in [-0.15, -0.1) is 0 Å². The van der Waals surface area contributed by atoms with E-state index < -0.39 is 6.10 Å². The summed E-state index contributed by atoms with van der Waals surface area (Å²) in [5.74, 6) is -0.225. The summed E-state index contributed by atoms with van der Waals surface area (Å²) in [5.41, 5.74) is 3.13. The average Bonchev–Trinajstić information content (AvgIpc) is 2.36. The summed E-state index contributed by atoms with van der Waals surface area (Å²) in [6.07, 6.45) is 1.98. The Morgan fingerprint density at radius 3 is 2.74 bits per heavy atom. The molecule has 1 atom stereocenters. The van der Waals surface area contributed by atoms with E-state index in [1.807, 2.05) is 32.0 Å². The second-order valence-electron chi connectivity index (χ2n) is 4.99. The Morgan fingerprint density at radius 2 is 2.11 bits per heavy atom. The van der Waals surface area contributed by atoms with Crippen molar-refractivity contribution in [2.24, 2.45) is 0 Å². The fourth-order valence-electron chi connectivity index (χ4n) is 2.01. The van der Waals surface area contributed by atoms with Gasteiger partial charge >= 0.3 is 5.97 Å². The van der Waals surface area contributed by atoms with Crippen molar-refractivity contribution in [2.45, 2.75) is 52.6 Å². The lowest BCUT2D eigenvalue weighted by Crippen LogP contribution is -2.09. The molecule has 106 valence electrons. The molecule has 1 unspecified atom stereocenters. The quantitative estimate of drug-likeness (QED) is 0.606. The van der Waals surface area contributed by atoms with E-state index in [4.69, 9.17) is 4.74 Å². The summed E-state index contributed by atoms with van der Waals surface area (Å²) in [7, 11) is 0. The normalized spacial score (nSPS) is 12.2. The number of carbonyl (C=O) groups is 1. The predicted octanol–water partition coefficient (Wildman–Crippen LogP) is 3.46. The van der Waals surface area contributed by atoms with E-state index in [1.54, 1.807) is 0 Å². The molecule has 1 N–H and O–H groups in total. The maximum Gasteiger partial charge on any atom is 0.305 e. The van der Waals surface area contributed by atoms with Gasteiger partial charge in [0.2, 0.25) is 0 Å². The summed E-state index contributed by atoms with van der Waals surface area (Å²) in [4.78, 5) is 11.5. The van der Waals surface area contributed by atoms with Crippen LogP contribution >= 0.6 is 0 Å². The van der Waals surface area contributed by atoms with E-state index in [0.717, 1.165) is 24.0 Å². The van der Waals surface area contributed by atoms with Crippen molar-refractivity contribution in [1.29, 1.82) is 0 Å². The van der Waals surface area contributed by atoms with Crippen molar-refractivity contribution in [1.82, 2.24) is 0 Å². The Bertz CT molecular complexity index is 412. The molecule has 3 heteroatoms. The van der Waals surface area contributed by atoms with Gasteiger partial charge in [-0.3, -0.25) is 4.79 Å². The number of carbonyl (C=O) groups excluding carboxylic acids is 1. The van der Waals surface area contributed by atoms with Crippen LogP contribution in [0.15, 0.2) is 18.2 Å². The number of unbranched alkanes of at least 4 members (excludes halogenated alkanes) is 1. The average molecular weight is 264 g/mol. The van der Waals surface area contributed by atoms with Crippen molar-refractivity contribution in [3.63, 3.8) is 0 Å². The minimum absolute atomic E-state index is 0.225. The molecule has 0 radical (unpaired) electrons. The third kappa shape index (κ3) is 5.43. The number of benzene rings is 1. The molecule has 1 aromatic rings. The van der Waals surface area contributed by atoms with E-state index in [2.05, 4.69) is 6.92 Å². The molecule has 0 aliphatic heterocycles. The third-order valence-electron chi connectivity index (χ3n) is 3.17. The van der Waals surface area contributed by atoms with Crippen molar-refractivity contribution >= 4 is 5.97 Å². The first kappa shape index (κ1) is 15.7. The zero-order valence-electron chi connectivity index (χ0n) is 12.1. The van der Waals surface area contributed by atoms with Gasteiger partial charge in [0.05, 0.1) is 12.7 Å². The van der Waals surface area contributed by atoms with Gasteiger partial charge in [-0.1, -0.05) is 37.1 Å². The van der Waals surface area contributed by atoms with Gasteiger partial charge in [0.25, 0.3) is 0 Å². The summed E-state index contributed by atoms with van der Waals surface area (Å²) < 4.78 is 5.07. The minimum atomic E-state index is -0.598. The molecule has 0 bridgehead atoms. The second kappa shape index (κ2) is 7.95. The third-order valence-corrected chi connectivity index (χ3v) is 3.17. The van der Waals surface area contributed by atoms with E-state index >= 15 is 0 Å². The topological polar surface area (TPSA) is 46.5 Å². The van der Waals surface area contributed by atoms with Crippen LogP contribution in [0.1, 0.15) is 55.4 Å². The highest BCUT2D eigenvalue weighted by Gasteiger charge is 2.13. The molecular formula is C16H24O3. The Morgan fingerprint density at radius 1 is 1.37 bits per heavy atom. The maximum absolute atomic E-state index is 11.5. The highest BCUT2D eigenvalue weighted by Crippen LogP contribution is 2.22. The van der Waals surface area contributed by atoms with E-state index in [-0.39, 0.29) is 12.4 Å². The summed E-state index contributed by atoms with van der Waals surface area (Å²) in [5, 5.41) is 10.1. The van der Waals surface area contributed by atoms with Crippen LogP contribution in [-0.4, -0.2) is 17.7 Å². The van der Waals surface area contributed by atoms with Gasteiger partial charge in [0.15, 0.2) is 0 Å². The van der Waals surface area contributed by atoms with E-state index in [0.29, 0.717) is 13.0 Å². The first-order valence-electron chi connectivity index (χ1n) is 6.95. The fourth-order valence-corrected chi connectivity index (χ4v) is 2.01. The van der Waals surface area contributed by atoms with Gasteiger partial charge in [-0.25, -0.2) is 0 Å². The molecule has 0 aliphatic carbocycles. The largest absolute Gasteiger partial charge is 0.466 e. The molecule has 0 aromatic heterocycles. The van der Waals surface area contributed by atoms with E-state index in [1.165, 1.54) is 5.56 Å². The molecule has 0 amide bonds. The number of hydrogen-bond acceptors (Lipinski definition) is 3. The van der Waals surface area contributed by atoms with Crippen LogP contribution in [0.5, 0.6) is 0 Å². The standard InChI is InChI=1S/C16H24O3/c1-4-5-10-19-16(18)9-8-15(17)14-7-6-12(2)11-13(14)3/h6-7,11,15,17H,4-5,8-10H2,1-3H3. The van der Waals surface area contributed by atoms with Gasteiger partial charge in [0.1, 0.15) is 0 Å². The lowest BCUT2D eigenvalue weighted by atomic mass is 9.98. The number of ether oxygens (including phenoxy) is 1. The van der Waals surface area contributed by atoms with Crippen LogP contribution in [0.3, 0.4) is 0 Å². The smallest absolute Gasteiger partial charge is 0.305 e. The lowest BCUT2D eigenvalue weighted by molar-refractivity contribution is -0.144. The van der Waals surface area contributed by atoms with Crippen molar-refractivity contribution in [3.8, 4) is 0 Å². The first-order valence-corrected chi connectivity index (χ1v) is 6.95. The van der Waals surface area contributed by atoms with Crippen molar-refractivity contribution in [2.75, 3.05) is 6.61 Å². The molecule has 3 nitrogen and oxygen atoms in total. The highest BCUT2D eigenvalue weighted by atomic mass is 16.5. The molecule has 0 fully saturated rings. The van der Waals surface area contributed by atoms with Gasteiger partial charge in [0, 0.05) is 6.42 Å². The Hall–Kier alpha value is -1.35. The summed E-state index contributed by atoms with van der Waals surface area (Å²) in [6, 6.07) is 5.95. The second-order valence-corrected chi connectivity index (χ2v) is 4.99. The summed E-state index contributed by atoms with van der Waals surface area (Å²) >= 11 is 0. The summed E-state index contributed by atoms with van der Waals surface area (Å²) in [6.45, 7) is 6.53. The highest BCUT2D eigenvalue weighted by molar-refractivity contribution is 5.69. The molecule has 0 spiro atoms. The number of aliphatic hydroxyl groups excluding tert-OH is 1. The SMILES string of the molecule is CCCCOC(=O)CCC(O)c1ccc(C)cc1C. The number of esters is 1. The van der Waals surface area contributed by atoms with Gasteiger partial charge in [-0.2, -0.15) is 0 Å². The monoisotopic (exact) mass is 264 g/mol. The Kier molecular flexibility index (Phi) is 6.57. The van der Waals surface area contributed by atoms with Crippen LogP contribution in [-0.2, 0) is 9.53 Å². The van der Waals surface area contributed by atoms with Crippen molar-refractivity contribution in [3.05, 3.63) is 34.9 Å². The molecule has 0 heterocycles. The van der Waals surface area contributed by atoms with Crippen molar-refractivity contribution < 1.29 is 14.6 Å². The molecule has 0 aliphatic rings. The molecule has 19 heavy (non-hydrogen) atoms.